The second-order valence-electron chi connectivity index (χ2n) is 2.79. The summed E-state index contributed by atoms with van der Waals surface area (Å²) in [6, 6.07) is -0.878. The van der Waals surface area contributed by atoms with Crippen LogP contribution >= 0.6 is 12.2 Å². The number of nitrogens with one attached hydrogen (secondary N) is 1. The molecule has 0 fully saturated rings. The van der Waals surface area contributed by atoms with Crippen LogP contribution in [0.3, 0.4) is 0 Å². The number of aromatic nitrogens is 2. The molecule has 5 nitrogen and oxygen atoms in total. The number of rotatable bonds is 3. The maximum atomic E-state index is 10.5. The van der Waals surface area contributed by atoms with Crippen LogP contribution in [0.2, 0.25) is 0 Å². The average molecular weight is 201 g/mol. The van der Waals surface area contributed by atoms with Gasteiger partial charge in [0.1, 0.15) is 6.04 Å². The third-order valence-electron chi connectivity index (χ3n) is 1.84. The highest BCUT2D eigenvalue weighted by Crippen LogP contribution is 2.01. The van der Waals surface area contributed by atoms with E-state index in [0.717, 1.165) is 5.69 Å². The fraction of sp³-hybridized carbons (Fsp3) is 0.429. The molecule has 1 atom stereocenters. The number of hydrogen-bond acceptors (Lipinski definition) is 3. The molecule has 1 unspecified atom stereocenters. The van der Waals surface area contributed by atoms with Crippen molar-refractivity contribution in [2.24, 2.45) is 12.8 Å². The molecule has 0 radical (unpaired) electrons. The minimum Gasteiger partial charge on any atom is -0.480 e. The number of carbonyl (C=O) groups is 1. The summed E-state index contributed by atoms with van der Waals surface area (Å²) in [7, 11) is 1.77. The van der Waals surface area contributed by atoms with Gasteiger partial charge >= 0.3 is 5.97 Å². The molecule has 1 aromatic heterocycles. The highest BCUT2D eigenvalue weighted by atomic mass is 32.1. The van der Waals surface area contributed by atoms with Crippen molar-refractivity contribution in [2.45, 2.75) is 12.5 Å². The van der Waals surface area contributed by atoms with Crippen LogP contribution < -0.4 is 5.73 Å². The van der Waals surface area contributed by atoms with Crippen LogP contribution in [0.15, 0.2) is 6.20 Å². The topological polar surface area (TPSA) is 84.0 Å². The lowest BCUT2D eigenvalue weighted by atomic mass is 10.2. The number of aromatic amines is 1. The number of imidazole rings is 1. The zero-order chi connectivity index (χ0) is 10.0. The molecule has 1 heterocycles. The Labute approximate surface area is 80.2 Å². The maximum absolute atomic E-state index is 10.5. The molecular formula is C7H11N3O2S. The van der Waals surface area contributed by atoms with Crippen molar-refractivity contribution in [1.82, 2.24) is 9.55 Å². The van der Waals surface area contributed by atoms with Gasteiger partial charge in [-0.25, -0.2) is 0 Å². The smallest absolute Gasteiger partial charge is 0.320 e. The molecule has 1 aromatic rings. The standard InChI is InChI=1S/C7H11N3O2S/c1-10-4(3-9-7(10)13)2-5(8)6(11)12/h3,5H,2,8H2,1H3,(H,9,13)(H,11,12). The zero-order valence-electron chi connectivity index (χ0n) is 7.15. The van der Waals surface area contributed by atoms with Crippen LogP contribution in [0.1, 0.15) is 5.69 Å². The highest BCUT2D eigenvalue weighted by Gasteiger charge is 2.13. The van der Waals surface area contributed by atoms with E-state index in [0.29, 0.717) is 4.77 Å². The predicted molar refractivity (Wildman–Crippen MR) is 49.9 cm³/mol. The molecule has 0 amide bonds. The van der Waals surface area contributed by atoms with Gasteiger partial charge in [-0.1, -0.05) is 0 Å². The molecule has 1 rings (SSSR count). The number of carboxylic acid groups (broad SMARTS) is 1. The van der Waals surface area contributed by atoms with Crippen molar-refractivity contribution in [3.8, 4) is 0 Å². The fourth-order valence-electron chi connectivity index (χ4n) is 0.978. The van der Waals surface area contributed by atoms with Gasteiger partial charge in [0, 0.05) is 25.4 Å². The summed E-state index contributed by atoms with van der Waals surface area (Å²) in [5, 5.41) is 8.57. The summed E-state index contributed by atoms with van der Waals surface area (Å²) in [4.78, 5) is 13.3. The third kappa shape index (κ3) is 2.16. The largest absolute Gasteiger partial charge is 0.480 e. The monoisotopic (exact) mass is 201 g/mol. The van der Waals surface area contributed by atoms with Crippen molar-refractivity contribution < 1.29 is 9.90 Å². The molecule has 4 N–H and O–H groups in total. The summed E-state index contributed by atoms with van der Waals surface area (Å²) >= 11 is 4.91. The Bertz CT molecular complexity index is 368. The van der Waals surface area contributed by atoms with E-state index in [1.54, 1.807) is 17.8 Å². The average Bonchev–Trinajstić information content (AvgIpc) is 2.36. The van der Waals surface area contributed by atoms with E-state index < -0.39 is 12.0 Å². The quantitative estimate of drug-likeness (QED) is 0.603. The van der Waals surface area contributed by atoms with E-state index >= 15 is 0 Å². The van der Waals surface area contributed by atoms with E-state index in [1.165, 1.54) is 0 Å². The molecule has 72 valence electrons. The summed E-state index contributed by atoms with van der Waals surface area (Å²) in [5.41, 5.74) is 6.16. The molecule has 0 spiro atoms. The van der Waals surface area contributed by atoms with Crippen LogP contribution in [0, 0.1) is 4.77 Å². The van der Waals surface area contributed by atoms with Crippen molar-refractivity contribution >= 4 is 18.2 Å². The summed E-state index contributed by atoms with van der Waals surface area (Å²) in [6.07, 6.45) is 1.95. The first-order valence-electron chi connectivity index (χ1n) is 3.74. The number of nitrogens with zero attached hydrogens (tertiary/aromatic N) is 1. The molecule has 0 saturated carbocycles. The first-order chi connectivity index (χ1) is 6.02. The van der Waals surface area contributed by atoms with Gasteiger partial charge in [0.05, 0.1) is 0 Å². The Morgan fingerprint density at radius 2 is 2.54 bits per heavy atom. The normalized spacial score (nSPS) is 12.8. The van der Waals surface area contributed by atoms with Gasteiger partial charge in [-0.2, -0.15) is 0 Å². The Morgan fingerprint density at radius 3 is 2.92 bits per heavy atom. The molecule has 6 heteroatoms. The Morgan fingerprint density at radius 1 is 1.92 bits per heavy atom. The van der Waals surface area contributed by atoms with Crippen molar-refractivity contribution in [2.75, 3.05) is 0 Å². The van der Waals surface area contributed by atoms with Crippen LogP contribution in [0.25, 0.3) is 0 Å². The van der Waals surface area contributed by atoms with E-state index in [-0.39, 0.29) is 6.42 Å². The lowest BCUT2D eigenvalue weighted by Gasteiger charge is -2.05. The van der Waals surface area contributed by atoms with Crippen LogP contribution in [0.5, 0.6) is 0 Å². The van der Waals surface area contributed by atoms with Crippen molar-refractivity contribution in [3.63, 3.8) is 0 Å². The second kappa shape index (κ2) is 3.71. The Hall–Kier alpha value is -1.14. The molecular weight excluding hydrogens is 190 g/mol. The lowest BCUT2D eigenvalue weighted by molar-refractivity contribution is -0.138. The number of H-pyrrole nitrogens is 1. The van der Waals surface area contributed by atoms with E-state index in [2.05, 4.69) is 4.98 Å². The van der Waals surface area contributed by atoms with Crippen LogP contribution in [-0.2, 0) is 18.3 Å². The van der Waals surface area contributed by atoms with Gasteiger partial charge in [0.25, 0.3) is 0 Å². The summed E-state index contributed by atoms with van der Waals surface area (Å²) in [5.74, 6) is -1.01. The first kappa shape index (κ1) is 9.94. The molecule has 0 aromatic carbocycles. The second-order valence-corrected chi connectivity index (χ2v) is 3.18. The zero-order valence-corrected chi connectivity index (χ0v) is 7.97. The van der Waals surface area contributed by atoms with Crippen LogP contribution in [0.4, 0.5) is 0 Å². The van der Waals surface area contributed by atoms with Gasteiger partial charge in [-0.05, 0) is 12.2 Å². The number of aliphatic carboxylic acids is 1. The molecule has 0 aliphatic carbocycles. The SMILES string of the molecule is Cn1c(CC(N)C(=O)O)c[nH]c1=S. The number of nitrogens with two attached hydrogens (primary N) is 1. The van der Waals surface area contributed by atoms with Gasteiger partial charge in [0.15, 0.2) is 4.77 Å². The minimum atomic E-state index is -1.01. The molecule has 0 saturated heterocycles. The Balaban J connectivity index is 2.80. The number of hydrogen-bond donors (Lipinski definition) is 3. The molecule has 0 bridgehead atoms. The van der Waals surface area contributed by atoms with Crippen molar-refractivity contribution in [1.29, 1.82) is 0 Å². The predicted octanol–water partition coefficient (Wildman–Crippen LogP) is 0.0371. The van der Waals surface area contributed by atoms with E-state index in [4.69, 9.17) is 23.1 Å². The van der Waals surface area contributed by atoms with Gasteiger partial charge in [-0.3, -0.25) is 4.79 Å². The van der Waals surface area contributed by atoms with E-state index in [9.17, 15) is 4.79 Å². The molecule has 13 heavy (non-hydrogen) atoms. The molecule has 0 aliphatic heterocycles. The summed E-state index contributed by atoms with van der Waals surface area (Å²) < 4.78 is 2.27. The fourth-order valence-corrected chi connectivity index (χ4v) is 1.15. The molecule has 0 aliphatic rings. The van der Waals surface area contributed by atoms with Gasteiger partial charge in [0.2, 0.25) is 0 Å². The van der Waals surface area contributed by atoms with E-state index in [1.807, 2.05) is 0 Å². The number of carboxylic acids is 1. The summed E-state index contributed by atoms with van der Waals surface area (Å²) in [6.45, 7) is 0. The van der Waals surface area contributed by atoms with Gasteiger partial charge < -0.3 is 20.4 Å². The minimum absolute atomic E-state index is 0.277. The first-order valence-corrected chi connectivity index (χ1v) is 4.15. The van der Waals surface area contributed by atoms with Crippen LogP contribution in [-0.4, -0.2) is 26.7 Å². The maximum Gasteiger partial charge on any atom is 0.320 e. The third-order valence-corrected chi connectivity index (χ3v) is 2.24. The highest BCUT2D eigenvalue weighted by molar-refractivity contribution is 7.71. The lowest BCUT2D eigenvalue weighted by Crippen LogP contribution is -2.32. The Kier molecular flexibility index (Phi) is 2.84. The van der Waals surface area contributed by atoms with Gasteiger partial charge in [-0.15, -0.1) is 0 Å². The van der Waals surface area contributed by atoms with Crippen molar-refractivity contribution in [3.05, 3.63) is 16.7 Å².